The molecule has 0 amide bonds. The van der Waals surface area contributed by atoms with E-state index in [0.717, 1.165) is 11.5 Å². The number of hydrogen-bond donors (Lipinski definition) is 1. The molecule has 0 rings (SSSR count). The molecule has 0 aliphatic rings. The van der Waals surface area contributed by atoms with Crippen LogP contribution in [-0.4, -0.2) is 24.7 Å². The maximum absolute atomic E-state index is 9.39. The second-order valence-electron chi connectivity index (χ2n) is 1.34. The van der Waals surface area contributed by atoms with Gasteiger partial charge in [0.05, 0.1) is 0 Å². The van der Waals surface area contributed by atoms with Crippen molar-refractivity contribution >= 4 is 21.6 Å². The van der Waals surface area contributed by atoms with Crippen molar-refractivity contribution in [3.05, 3.63) is 4.91 Å². The summed E-state index contributed by atoms with van der Waals surface area (Å²) >= 11 is 0. The number of nitrogens with zero attached hydrogens (tertiary/aromatic N) is 1. The summed E-state index contributed by atoms with van der Waals surface area (Å²) in [5, 5.41) is 2.26. The first kappa shape index (κ1) is 10.1. The topological polar surface area (TPSA) is 64.7 Å². The van der Waals surface area contributed by atoms with Crippen molar-refractivity contribution in [1.29, 1.82) is 0 Å². The monoisotopic (exact) mass is 182 g/mol. The Morgan fingerprint density at radius 2 is 2.10 bits per heavy atom. The molecule has 10 heavy (non-hydrogen) atoms. The number of nitrogens with two attached hydrogens (primary N) is 1. The van der Waals surface area contributed by atoms with Gasteiger partial charge in [-0.15, -0.1) is 4.91 Å². The van der Waals surface area contributed by atoms with Crippen molar-refractivity contribution in [3.63, 3.8) is 0 Å². The zero-order chi connectivity index (χ0) is 7.66. The first-order valence-corrected chi connectivity index (χ1v) is 5.29. The molecule has 0 saturated carbocycles. The van der Waals surface area contributed by atoms with E-state index in [4.69, 9.17) is 5.73 Å². The normalized spacial score (nSPS) is 9.30. The van der Waals surface area contributed by atoms with Gasteiger partial charge in [0.15, 0.2) is 5.34 Å². The van der Waals surface area contributed by atoms with Gasteiger partial charge < -0.3 is 10.6 Å². The Bertz CT molecular complexity index is 83.7. The molecule has 2 N–H and O–H groups in total. The predicted octanol–water partition coefficient (Wildman–Crippen LogP) is 1.02. The van der Waals surface area contributed by atoms with Gasteiger partial charge in [-0.25, -0.2) is 0 Å². The molecule has 0 fully saturated rings. The van der Waals surface area contributed by atoms with E-state index >= 15 is 0 Å². The highest BCUT2D eigenvalue weighted by Gasteiger charge is 1.88. The highest BCUT2D eigenvalue weighted by Crippen LogP contribution is 2.19. The Morgan fingerprint density at radius 3 is 2.70 bits per heavy atom. The molecule has 4 nitrogen and oxygen atoms in total. The fourth-order valence-corrected chi connectivity index (χ4v) is 1.95. The van der Waals surface area contributed by atoms with Crippen molar-refractivity contribution in [2.24, 2.45) is 11.1 Å². The SMILES string of the molecule is NCCSSCCON=O. The molecule has 0 bridgehead atoms. The van der Waals surface area contributed by atoms with E-state index in [1.807, 2.05) is 0 Å². The van der Waals surface area contributed by atoms with Gasteiger partial charge in [0.2, 0.25) is 0 Å². The standard InChI is InChI=1S/C4H10N2O2S2/c5-1-3-9-10-4-2-8-6-7/h1-5H2. The molecule has 0 aliphatic carbocycles. The lowest BCUT2D eigenvalue weighted by atomic mass is 10.8. The van der Waals surface area contributed by atoms with E-state index in [0.29, 0.717) is 13.2 Å². The Hall–Kier alpha value is 0.0600. The summed E-state index contributed by atoms with van der Waals surface area (Å²) in [6.45, 7) is 1.07. The van der Waals surface area contributed by atoms with Crippen LogP contribution in [0.25, 0.3) is 0 Å². The Labute approximate surface area is 67.6 Å². The van der Waals surface area contributed by atoms with Gasteiger partial charge in [-0.2, -0.15) is 0 Å². The molecule has 0 aliphatic heterocycles. The van der Waals surface area contributed by atoms with Crippen molar-refractivity contribution in [3.8, 4) is 0 Å². The van der Waals surface area contributed by atoms with Crippen LogP contribution in [0.2, 0.25) is 0 Å². The van der Waals surface area contributed by atoms with Crippen LogP contribution in [-0.2, 0) is 4.84 Å². The molecule has 0 spiro atoms. The second-order valence-corrected chi connectivity index (χ2v) is 4.04. The third-order valence-corrected chi connectivity index (χ3v) is 3.00. The van der Waals surface area contributed by atoms with Crippen molar-refractivity contribution in [2.75, 3.05) is 24.7 Å². The summed E-state index contributed by atoms with van der Waals surface area (Å²) in [7, 11) is 3.30. The third-order valence-electron chi connectivity index (χ3n) is 0.595. The first-order valence-electron chi connectivity index (χ1n) is 2.81. The highest BCUT2D eigenvalue weighted by atomic mass is 33.1. The first-order chi connectivity index (χ1) is 4.91. The summed E-state index contributed by atoms with van der Waals surface area (Å²) in [5.41, 5.74) is 5.24. The average Bonchev–Trinajstić information content (AvgIpc) is 1.97. The van der Waals surface area contributed by atoms with Gasteiger partial charge in [-0.05, 0) is 0 Å². The minimum absolute atomic E-state index is 0.381. The van der Waals surface area contributed by atoms with Crippen LogP contribution < -0.4 is 5.73 Å². The molecule has 0 radical (unpaired) electrons. The van der Waals surface area contributed by atoms with Crippen LogP contribution in [0, 0.1) is 4.91 Å². The second kappa shape index (κ2) is 9.06. The summed E-state index contributed by atoms with van der Waals surface area (Å²) in [5.74, 6) is 1.70. The quantitative estimate of drug-likeness (QED) is 0.276. The minimum Gasteiger partial charge on any atom is -0.363 e. The van der Waals surface area contributed by atoms with Crippen LogP contribution in [0.3, 0.4) is 0 Å². The van der Waals surface area contributed by atoms with Crippen molar-refractivity contribution in [1.82, 2.24) is 0 Å². The van der Waals surface area contributed by atoms with E-state index in [-0.39, 0.29) is 0 Å². The summed E-state index contributed by atoms with van der Waals surface area (Å²) in [4.78, 5) is 13.6. The molecule has 0 aromatic carbocycles. The fraction of sp³-hybridized carbons (Fsp3) is 1.00. The van der Waals surface area contributed by atoms with Gasteiger partial charge in [0.1, 0.15) is 6.61 Å². The van der Waals surface area contributed by atoms with E-state index < -0.39 is 0 Å². The van der Waals surface area contributed by atoms with Crippen LogP contribution in [0.1, 0.15) is 0 Å². The van der Waals surface area contributed by atoms with Gasteiger partial charge in [-0.3, -0.25) is 0 Å². The van der Waals surface area contributed by atoms with E-state index in [1.165, 1.54) is 0 Å². The van der Waals surface area contributed by atoms with E-state index in [1.54, 1.807) is 21.6 Å². The highest BCUT2D eigenvalue weighted by molar-refractivity contribution is 8.76. The molecular formula is C4H10N2O2S2. The summed E-state index contributed by atoms with van der Waals surface area (Å²) in [6.07, 6.45) is 0. The van der Waals surface area contributed by atoms with Crippen LogP contribution >= 0.6 is 21.6 Å². The summed E-state index contributed by atoms with van der Waals surface area (Å²) < 4.78 is 0. The minimum atomic E-state index is 0.381. The Balaban J connectivity index is 2.70. The van der Waals surface area contributed by atoms with E-state index in [2.05, 4.69) is 10.2 Å². The fourth-order valence-electron chi connectivity index (χ4n) is 0.275. The molecule has 0 aromatic rings. The Morgan fingerprint density at radius 1 is 1.40 bits per heavy atom. The summed E-state index contributed by atoms with van der Waals surface area (Å²) in [6, 6.07) is 0. The molecule has 0 heterocycles. The number of hydrogen-bond acceptors (Lipinski definition) is 6. The lowest BCUT2D eigenvalue weighted by Crippen LogP contribution is -2.00. The lowest BCUT2D eigenvalue weighted by molar-refractivity contribution is 0.156. The zero-order valence-electron chi connectivity index (χ0n) is 5.49. The predicted molar refractivity (Wildman–Crippen MR) is 45.7 cm³/mol. The largest absolute Gasteiger partial charge is 0.363 e. The van der Waals surface area contributed by atoms with Gasteiger partial charge >= 0.3 is 0 Å². The van der Waals surface area contributed by atoms with Gasteiger partial charge in [0.25, 0.3) is 0 Å². The smallest absolute Gasteiger partial charge is 0.155 e. The maximum Gasteiger partial charge on any atom is 0.155 e. The van der Waals surface area contributed by atoms with Crippen molar-refractivity contribution < 1.29 is 4.84 Å². The van der Waals surface area contributed by atoms with Crippen molar-refractivity contribution in [2.45, 2.75) is 0 Å². The third kappa shape index (κ3) is 8.06. The van der Waals surface area contributed by atoms with Crippen LogP contribution in [0.4, 0.5) is 0 Å². The van der Waals surface area contributed by atoms with Gasteiger partial charge in [0, 0.05) is 18.1 Å². The molecule has 0 aromatic heterocycles. The van der Waals surface area contributed by atoms with E-state index in [9.17, 15) is 4.91 Å². The molecule has 0 unspecified atom stereocenters. The lowest BCUT2D eigenvalue weighted by Gasteiger charge is -1.95. The van der Waals surface area contributed by atoms with Crippen LogP contribution in [0.15, 0.2) is 5.34 Å². The van der Waals surface area contributed by atoms with Gasteiger partial charge in [-0.1, -0.05) is 21.6 Å². The molecule has 0 saturated heterocycles. The van der Waals surface area contributed by atoms with Crippen LogP contribution in [0.5, 0.6) is 0 Å². The zero-order valence-corrected chi connectivity index (χ0v) is 7.12. The molecule has 6 heteroatoms. The number of rotatable bonds is 7. The Kier molecular flexibility index (Phi) is 9.11. The molecule has 0 atom stereocenters. The average molecular weight is 182 g/mol. The maximum atomic E-state index is 9.39. The molecular weight excluding hydrogens is 172 g/mol. The molecule has 60 valence electrons.